The van der Waals surface area contributed by atoms with Gasteiger partial charge in [-0.15, -0.1) is 10.2 Å². The van der Waals surface area contributed by atoms with E-state index in [1.807, 2.05) is 12.1 Å². The van der Waals surface area contributed by atoms with Crippen LogP contribution in [0.3, 0.4) is 0 Å². The molecule has 29 heavy (non-hydrogen) atoms. The molecule has 1 N–H and O–H groups in total. The molecule has 0 unspecified atom stereocenters. The fourth-order valence-electron chi connectivity index (χ4n) is 3.45. The monoisotopic (exact) mass is 392 g/mol. The molecule has 1 amide bonds. The summed E-state index contributed by atoms with van der Waals surface area (Å²) in [6, 6.07) is 17.7. The van der Waals surface area contributed by atoms with E-state index in [4.69, 9.17) is 4.74 Å². The number of benzene rings is 2. The second-order valence-electron chi connectivity index (χ2n) is 7.05. The number of amides is 1. The Bertz CT molecular complexity index is 908. The first-order valence-electron chi connectivity index (χ1n) is 9.85. The van der Waals surface area contributed by atoms with Gasteiger partial charge in [0.25, 0.3) is 0 Å². The van der Waals surface area contributed by atoms with Gasteiger partial charge in [0.1, 0.15) is 5.75 Å². The van der Waals surface area contributed by atoms with Gasteiger partial charge in [0.05, 0.1) is 0 Å². The van der Waals surface area contributed by atoms with Crippen LogP contribution in [0, 0.1) is 0 Å². The van der Waals surface area contributed by atoms with Crippen LogP contribution in [0.5, 0.6) is 5.75 Å². The number of hydrogen-bond acceptors (Lipinski definition) is 6. The molecular weight excluding hydrogens is 368 g/mol. The first-order chi connectivity index (χ1) is 14.3. The van der Waals surface area contributed by atoms with Gasteiger partial charge >= 0.3 is 6.09 Å². The molecule has 0 atom stereocenters. The van der Waals surface area contributed by atoms with Crippen LogP contribution < -0.4 is 4.74 Å². The number of H-pyrrole nitrogens is 1. The number of aryl methyl sites for hydroxylation is 1. The number of aromatic amines is 1. The number of piperazine rings is 1. The minimum Gasteiger partial charge on any atom is -0.410 e. The van der Waals surface area contributed by atoms with Gasteiger partial charge < -0.3 is 9.64 Å². The molecule has 8 heteroatoms. The summed E-state index contributed by atoms with van der Waals surface area (Å²) in [5.74, 6) is 0.939. The Kier molecular flexibility index (Phi) is 6.11. The van der Waals surface area contributed by atoms with Crippen molar-refractivity contribution in [3.05, 3.63) is 60.2 Å². The van der Waals surface area contributed by atoms with E-state index >= 15 is 0 Å². The molecule has 0 spiro atoms. The third kappa shape index (κ3) is 5.17. The predicted octanol–water partition coefficient (Wildman–Crippen LogP) is 2.62. The lowest BCUT2D eigenvalue weighted by molar-refractivity contribution is 0.110. The highest BCUT2D eigenvalue weighted by molar-refractivity contribution is 5.71. The van der Waals surface area contributed by atoms with Gasteiger partial charge in [-0.05, 0) is 42.3 Å². The van der Waals surface area contributed by atoms with Crippen LogP contribution in [0.2, 0.25) is 0 Å². The largest absolute Gasteiger partial charge is 0.415 e. The normalized spacial score (nSPS) is 14.7. The molecule has 0 radical (unpaired) electrons. The molecule has 3 aromatic rings. The fourth-order valence-corrected chi connectivity index (χ4v) is 3.45. The van der Waals surface area contributed by atoms with Crippen molar-refractivity contribution in [3.63, 3.8) is 0 Å². The Balaban J connectivity index is 1.22. The van der Waals surface area contributed by atoms with E-state index in [2.05, 4.69) is 49.8 Å². The Morgan fingerprint density at radius 3 is 2.62 bits per heavy atom. The molecule has 1 aliphatic rings. The number of carbonyl (C=O) groups excluding carboxylic acids is 1. The van der Waals surface area contributed by atoms with Gasteiger partial charge in [-0.25, -0.2) is 4.79 Å². The maximum atomic E-state index is 12.5. The zero-order valence-electron chi connectivity index (χ0n) is 16.2. The fraction of sp³-hybridized carbons (Fsp3) is 0.333. The van der Waals surface area contributed by atoms with Gasteiger partial charge in [-0.3, -0.25) is 4.90 Å². The molecule has 0 saturated carbocycles. The summed E-state index contributed by atoms with van der Waals surface area (Å²) < 4.78 is 5.55. The highest BCUT2D eigenvalue weighted by atomic mass is 16.6. The van der Waals surface area contributed by atoms with Crippen molar-refractivity contribution in [2.75, 3.05) is 32.7 Å². The van der Waals surface area contributed by atoms with Crippen molar-refractivity contribution in [2.45, 2.75) is 12.8 Å². The van der Waals surface area contributed by atoms with E-state index in [-0.39, 0.29) is 6.09 Å². The maximum Gasteiger partial charge on any atom is 0.415 e. The summed E-state index contributed by atoms with van der Waals surface area (Å²) in [5.41, 5.74) is 2.12. The van der Waals surface area contributed by atoms with Crippen LogP contribution in [-0.2, 0) is 6.42 Å². The zero-order valence-corrected chi connectivity index (χ0v) is 16.2. The lowest BCUT2D eigenvalue weighted by Gasteiger charge is -2.34. The SMILES string of the molecule is O=C(Oc1cccc(-c2nn[nH]n2)c1)N1CCN(CCCc2ccccc2)CC1. The molecular formula is C21H24N6O2. The average Bonchev–Trinajstić information content (AvgIpc) is 3.30. The number of nitrogens with zero attached hydrogens (tertiary/aromatic N) is 5. The number of rotatable bonds is 6. The third-order valence-electron chi connectivity index (χ3n) is 5.06. The molecule has 2 heterocycles. The number of ether oxygens (including phenoxy) is 1. The second-order valence-corrected chi connectivity index (χ2v) is 7.05. The molecule has 0 bridgehead atoms. The molecule has 1 aliphatic heterocycles. The Labute approximate surface area is 169 Å². The van der Waals surface area contributed by atoms with Crippen molar-refractivity contribution in [1.29, 1.82) is 0 Å². The summed E-state index contributed by atoms with van der Waals surface area (Å²) in [6.45, 7) is 4.13. The van der Waals surface area contributed by atoms with Crippen molar-refractivity contribution in [2.24, 2.45) is 0 Å². The Hall–Kier alpha value is -3.26. The Morgan fingerprint density at radius 2 is 1.86 bits per heavy atom. The number of hydrogen-bond donors (Lipinski definition) is 1. The lowest BCUT2D eigenvalue weighted by Crippen LogP contribution is -2.49. The number of nitrogens with one attached hydrogen (secondary N) is 1. The number of carbonyl (C=O) groups is 1. The van der Waals surface area contributed by atoms with Crippen LogP contribution in [0.15, 0.2) is 54.6 Å². The van der Waals surface area contributed by atoms with Crippen LogP contribution in [0.25, 0.3) is 11.4 Å². The van der Waals surface area contributed by atoms with Crippen LogP contribution in [-0.4, -0.2) is 69.2 Å². The Morgan fingerprint density at radius 1 is 1.03 bits per heavy atom. The first kappa shape index (κ1) is 19.1. The van der Waals surface area contributed by atoms with Crippen molar-refractivity contribution in [1.82, 2.24) is 30.4 Å². The molecule has 2 aromatic carbocycles. The van der Waals surface area contributed by atoms with Crippen LogP contribution >= 0.6 is 0 Å². The highest BCUT2D eigenvalue weighted by Gasteiger charge is 2.22. The van der Waals surface area contributed by atoms with Gasteiger partial charge in [-0.1, -0.05) is 42.5 Å². The van der Waals surface area contributed by atoms with E-state index in [0.29, 0.717) is 24.7 Å². The van der Waals surface area contributed by atoms with Crippen molar-refractivity contribution in [3.8, 4) is 17.1 Å². The summed E-state index contributed by atoms with van der Waals surface area (Å²) in [6.07, 6.45) is 1.89. The van der Waals surface area contributed by atoms with E-state index in [9.17, 15) is 4.79 Å². The van der Waals surface area contributed by atoms with Crippen molar-refractivity contribution >= 4 is 6.09 Å². The van der Waals surface area contributed by atoms with Crippen molar-refractivity contribution < 1.29 is 9.53 Å². The standard InChI is InChI=1S/C21H24N6O2/c28-21(29-19-10-4-9-18(16-19)20-22-24-25-23-20)27-14-12-26(13-15-27)11-5-8-17-6-2-1-3-7-17/h1-4,6-7,9-10,16H,5,8,11-15H2,(H,22,23,24,25). The van der Waals surface area contributed by atoms with Gasteiger partial charge in [0.15, 0.2) is 0 Å². The molecule has 150 valence electrons. The highest BCUT2D eigenvalue weighted by Crippen LogP contribution is 2.21. The average molecular weight is 392 g/mol. The zero-order chi connectivity index (χ0) is 19.9. The minimum atomic E-state index is -0.320. The molecule has 1 fully saturated rings. The van der Waals surface area contributed by atoms with Crippen LogP contribution in [0.1, 0.15) is 12.0 Å². The lowest BCUT2D eigenvalue weighted by atomic mass is 10.1. The maximum absolute atomic E-state index is 12.5. The third-order valence-corrected chi connectivity index (χ3v) is 5.06. The number of tetrazole rings is 1. The summed E-state index contributed by atoms with van der Waals surface area (Å²) in [5, 5.41) is 13.9. The van der Waals surface area contributed by atoms with Gasteiger partial charge in [0, 0.05) is 31.7 Å². The van der Waals surface area contributed by atoms with Gasteiger partial charge in [0.2, 0.25) is 5.82 Å². The smallest absolute Gasteiger partial charge is 0.410 e. The quantitative estimate of drug-likeness (QED) is 0.694. The topological polar surface area (TPSA) is 87.2 Å². The first-order valence-corrected chi connectivity index (χ1v) is 9.85. The predicted molar refractivity (Wildman–Crippen MR) is 108 cm³/mol. The molecule has 4 rings (SSSR count). The second kappa shape index (κ2) is 9.29. The molecule has 0 aliphatic carbocycles. The van der Waals surface area contributed by atoms with Crippen LogP contribution in [0.4, 0.5) is 4.79 Å². The summed E-state index contributed by atoms with van der Waals surface area (Å²) >= 11 is 0. The van der Waals surface area contributed by atoms with E-state index < -0.39 is 0 Å². The molecule has 8 nitrogen and oxygen atoms in total. The number of aromatic nitrogens is 4. The minimum absolute atomic E-state index is 0.320. The van der Waals surface area contributed by atoms with Gasteiger partial charge in [-0.2, -0.15) is 5.21 Å². The molecule has 1 aromatic heterocycles. The van der Waals surface area contributed by atoms with E-state index in [1.165, 1.54) is 5.56 Å². The van der Waals surface area contributed by atoms with E-state index in [1.54, 1.807) is 23.1 Å². The van der Waals surface area contributed by atoms with E-state index in [0.717, 1.165) is 38.0 Å². The molecule has 1 saturated heterocycles. The summed E-state index contributed by atoms with van der Waals surface area (Å²) in [7, 11) is 0. The summed E-state index contributed by atoms with van der Waals surface area (Å²) in [4.78, 5) is 16.7.